The van der Waals surface area contributed by atoms with Gasteiger partial charge in [0.05, 0.1) is 0 Å². The van der Waals surface area contributed by atoms with Crippen LogP contribution in [-0.2, 0) is 48.9 Å². The first-order chi connectivity index (χ1) is 3.12. The van der Waals surface area contributed by atoms with E-state index in [0.29, 0.717) is 10.6 Å². The number of hydrogen-bond donors (Lipinski definition) is 1. The van der Waals surface area contributed by atoms with E-state index in [1.54, 1.807) is 0 Å². The molecular weight excluding hydrogens is 208 g/mol. The van der Waals surface area contributed by atoms with Crippen LogP contribution in [0.2, 0.25) is 10.6 Å². The van der Waals surface area contributed by atoms with Gasteiger partial charge in [-0.1, -0.05) is 0 Å². The fourth-order valence-electron chi connectivity index (χ4n) is 0.0417. The molecule has 0 heterocycles. The summed E-state index contributed by atoms with van der Waals surface area (Å²) >= 11 is 8.11. The first kappa shape index (κ1) is 8.56. The first-order valence-electron chi connectivity index (χ1n) is 1.71. The van der Waals surface area contributed by atoms with Crippen LogP contribution in [0.4, 0.5) is 0 Å². The Morgan fingerprint density at radius 2 is 1.57 bits per heavy atom. The van der Waals surface area contributed by atoms with Crippen molar-refractivity contribution in [2.45, 2.75) is 15.0 Å². The molecule has 0 saturated heterocycles. The second-order valence-electron chi connectivity index (χ2n) is 1.23. The van der Waals surface area contributed by atoms with Crippen molar-refractivity contribution in [2.24, 2.45) is 0 Å². The minimum atomic E-state index is -0.653. The molecule has 0 aliphatic rings. The van der Waals surface area contributed by atoms with Crippen LogP contribution in [0.25, 0.3) is 0 Å². The summed E-state index contributed by atoms with van der Waals surface area (Å²) in [6.45, 7) is 0. The molecule has 0 aliphatic heterocycles. The van der Waals surface area contributed by atoms with E-state index < -0.39 is 4.46 Å². The van der Waals surface area contributed by atoms with E-state index in [1.165, 1.54) is 0 Å². The molecule has 0 amide bonds. The molecule has 0 saturated carbocycles. The van der Waals surface area contributed by atoms with Crippen molar-refractivity contribution in [1.82, 2.24) is 0 Å². The van der Waals surface area contributed by atoms with Gasteiger partial charge in [-0.05, 0) is 0 Å². The van der Waals surface area contributed by atoms with Gasteiger partial charge in [-0.25, -0.2) is 0 Å². The van der Waals surface area contributed by atoms with E-state index in [1.807, 2.05) is 0 Å². The van der Waals surface area contributed by atoms with Crippen LogP contribution in [0.3, 0.4) is 0 Å². The van der Waals surface area contributed by atoms with Crippen molar-refractivity contribution in [1.29, 1.82) is 0 Å². The van der Waals surface area contributed by atoms with Gasteiger partial charge in [0.1, 0.15) is 0 Å². The third-order valence-electron chi connectivity index (χ3n) is 0.451. The quantitative estimate of drug-likeness (QED) is 0.692. The van der Waals surface area contributed by atoms with Crippen LogP contribution in [0.1, 0.15) is 0 Å². The van der Waals surface area contributed by atoms with E-state index >= 15 is 0 Å². The van der Waals surface area contributed by atoms with Crippen molar-refractivity contribution in [3.63, 3.8) is 0 Å². The summed E-state index contributed by atoms with van der Waals surface area (Å²) in [5.74, 6) is 0. The Bertz CT molecular complexity index is 48.1. The zero-order chi connectivity index (χ0) is 5.91. The van der Waals surface area contributed by atoms with Crippen LogP contribution >= 0.6 is 0 Å². The molecule has 0 radical (unpaired) electrons. The molecule has 0 rings (SSSR count). The average Bonchev–Trinajstić information content (AvgIpc) is 1.68. The molecule has 1 N–H and O–H groups in total. The Balaban J connectivity index is 3.36. The van der Waals surface area contributed by atoms with Crippen LogP contribution in [0.5, 0.6) is 0 Å². The fraction of sp³-hybridized carbons (Fsp3) is 1.00. The Morgan fingerprint density at radius 1 is 1.29 bits per heavy atom. The van der Waals surface area contributed by atoms with E-state index in [9.17, 15) is 0 Å². The maximum atomic E-state index is 9.01. The van der Waals surface area contributed by atoms with Gasteiger partial charge >= 0.3 is 69.0 Å². The molecule has 0 spiro atoms. The van der Waals surface area contributed by atoms with Gasteiger partial charge in [0, 0.05) is 0 Å². The van der Waals surface area contributed by atoms with Gasteiger partial charge in [0.15, 0.2) is 0 Å². The molecular formula is C3H5Cr3O. The van der Waals surface area contributed by atoms with Crippen molar-refractivity contribution >= 4 is 0 Å². The second kappa shape index (κ2) is 3.56. The minimum absolute atomic E-state index is 0.639. The third kappa shape index (κ3) is 4.09. The zero-order valence-electron chi connectivity index (χ0n) is 3.59. The van der Waals surface area contributed by atoms with Gasteiger partial charge < -0.3 is 0 Å². The second-order valence-corrected chi connectivity index (χ2v) is 3.32. The molecule has 1 nitrogen and oxygen atoms in total. The summed E-state index contributed by atoms with van der Waals surface area (Å²) in [5.41, 5.74) is 0. The molecule has 0 aromatic carbocycles. The molecule has 7 heavy (non-hydrogen) atoms. The Kier molecular flexibility index (Phi) is 4.35. The summed E-state index contributed by atoms with van der Waals surface area (Å²) in [5, 5.41) is 10.3. The van der Waals surface area contributed by atoms with Crippen molar-refractivity contribution in [3.8, 4) is 0 Å². The summed E-state index contributed by atoms with van der Waals surface area (Å²) in [4.78, 5) is 0. The van der Waals surface area contributed by atoms with Crippen LogP contribution in [-0.4, -0.2) is 9.57 Å². The zero-order valence-corrected chi connectivity index (χ0v) is 7.41. The molecule has 0 fully saturated rings. The molecule has 0 unspecified atom stereocenters. The maximum absolute atomic E-state index is 9.01. The standard InChI is InChI=1S/C3H5O.3Cr/c1-3(2)4;;;/h4H,1-2H2;;;. The Morgan fingerprint density at radius 3 is 1.57 bits per heavy atom. The van der Waals surface area contributed by atoms with Crippen molar-refractivity contribution in [2.75, 3.05) is 0 Å². The van der Waals surface area contributed by atoms with Crippen molar-refractivity contribution < 1.29 is 54.0 Å². The number of hydrogen-bond acceptors (Lipinski definition) is 1. The van der Waals surface area contributed by atoms with Gasteiger partial charge in [0.2, 0.25) is 0 Å². The van der Waals surface area contributed by atoms with Gasteiger partial charge in [-0.15, -0.1) is 0 Å². The van der Waals surface area contributed by atoms with Gasteiger partial charge in [-0.3, -0.25) is 0 Å². The SMILES string of the molecule is O[C]([Cr])([CH2][Cr])[CH2][Cr]. The summed E-state index contributed by atoms with van der Waals surface area (Å²) in [7, 11) is 0. The normalized spacial score (nSPS) is 11.6. The van der Waals surface area contributed by atoms with Crippen LogP contribution in [0.15, 0.2) is 0 Å². The predicted molar refractivity (Wildman–Crippen MR) is 14.6 cm³/mol. The van der Waals surface area contributed by atoms with Gasteiger partial charge in [-0.2, -0.15) is 0 Å². The first-order valence-corrected chi connectivity index (χ1v) is 4.15. The number of rotatable bonds is 2. The molecule has 0 atom stereocenters. The predicted octanol–water partition coefficient (Wildman–Crippen LogP) is 0.152. The summed E-state index contributed by atoms with van der Waals surface area (Å²) in [6, 6.07) is 0. The molecule has 0 bridgehead atoms. The molecule has 0 aromatic rings. The van der Waals surface area contributed by atoms with E-state index in [0.717, 1.165) is 0 Å². The third-order valence-corrected chi connectivity index (χ3v) is 3.38. The van der Waals surface area contributed by atoms with E-state index in [2.05, 4.69) is 48.9 Å². The van der Waals surface area contributed by atoms with Crippen LogP contribution < -0.4 is 0 Å². The van der Waals surface area contributed by atoms with Gasteiger partial charge in [0.25, 0.3) is 0 Å². The van der Waals surface area contributed by atoms with E-state index in [-0.39, 0.29) is 0 Å². The topological polar surface area (TPSA) is 20.2 Å². The van der Waals surface area contributed by atoms with E-state index in [4.69, 9.17) is 5.11 Å². The molecule has 0 aromatic heterocycles. The Hall–Kier alpha value is 1.56. The average molecular weight is 213 g/mol. The fourth-order valence-corrected chi connectivity index (χ4v) is 0.708. The molecule has 4 heteroatoms. The molecule has 0 aliphatic carbocycles. The van der Waals surface area contributed by atoms with Crippen LogP contribution in [0, 0.1) is 0 Å². The number of aliphatic hydroxyl groups is 1. The summed E-state index contributed by atoms with van der Waals surface area (Å²) < 4.78 is -0.653. The summed E-state index contributed by atoms with van der Waals surface area (Å²) in [6.07, 6.45) is 0. The Labute approximate surface area is 68.7 Å². The molecule has 41 valence electrons. The van der Waals surface area contributed by atoms with Crippen molar-refractivity contribution in [3.05, 3.63) is 0 Å². The monoisotopic (exact) mass is 213 g/mol.